The molecule has 6 nitrogen and oxygen atoms in total. The molecule has 7 heteroatoms. The van der Waals surface area contributed by atoms with E-state index >= 15 is 0 Å². The number of rotatable bonds is 6. The Bertz CT molecular complexity index is 2070. The molecule has 9 atom stereocenters. The molecule has 0 saturated heterocycles. The summed E-state index contributed by atoms with van der Waals surface area (Å²) < 4.78 is 0. The van der Waals surface area contributed by atoms with E-state index in [1.54, 1.807) is 0 Å². The predicted molar refractivity (Wildman–Crippen MR) is 266 cm³/mol. The van der Waals surface area contributed by atoms with E-state index in [1.165, 1.54) is 50.1 Å². The standard InChI is InChI=1S/3C20H28O2.Al/c3*1-13(2)14-6-8-16-15(12-14)7-9-17-19(16,3)10-5-11-20(17,4)18(21)22;/h3*6,8,12-13,17H,5,7,9-11H2,1-4H3,(H,21,22);/q;;;+3/p-3/t3*17-,19-,20+;/m111./s1. The van der Waals surface area contributed by atoms with Crippen molar-refractivity contribution >= 4 is 35.3 Å². The molecule has 9 rings (SSSR count). The van der Waals surface area contributed by atoms with Crippen LogP contribution in [0.15, 0.2) is 54.6 Å². The van der Waals surface area contributed by atoms with Gasteiger partial charge in [0.25, 0.3) is 0 Å². The number of carbonyl (C=O) groups excluding carboxylic acids is 3. The molecule has 0 spiro atoms. The molecule has 0 aliphatic heterocycles. The van der Waals surface area contributed by atoms with E-state index in [0.29, 0.717) is 17.8 Å². The fraction of sp³-hybridized carbons (Fsp3) is 0.650. The van der Waals surface area contributed by atoms with Crippen molar-refractivity contribution in [3.8, 4) is 0 Å². The van der Waals surface area contributed by atoms with E-state index < -0.39 is 34.2 Å². The molecule has 0 amide bonds. The molecule has 0 aromatic heterocycles. The number of aliphatic carboxylic acids is 3. The van der Waals surface area contributed by atoms with Crippen LogP contribution in [-0.4, -0.2) is 35.3 Å². The Morgan fingerprint density at radius 1 is 0.433 bits per heavy atom. The van der Waals surface area contributed by atoms with Gasteiger partial charge in [-0.25, -0.2) is 0 Å². The second-order valence-corrected chi connectivity index (χ2v) is 24.4. The third-order valence-electron chi connectivity index (χ3n) is 19.5. The minimum atomic E-state index is -0.856. The Labute approximate surface area is 415 Å². The molecule has 67 heavy (non-hydrogen) atoms. The van der Waals surface area contributed by atoms with Crippen LogP contribution in [0.3, 0.4) is 0 Å². The molecule has 0 N–H and O–H groups in total. The first-order chi connectivity index (χ1) is 30.9. The van der Waals surface area contributed by atoms with E-state index in [1.807, 2.05) is 20.8 Å². The van der Waals surface area contributed by atoms with Gasteiger partial charge < -0.3 is 29.7 Å². The number of carboxylic acid groups (broad SMARTS) is 3. The SMILES string of the molecule is CC(C)c1ccc2c(c1)CC[C@H]1[C@@](C)(C(=O)[O-])CCC[C@]21C.CC(C)c1ccc2c(c1)CC[C@H]1[C@@](C)(C(=O)[O-])CCC[C@]21C.CC(C)c1ccc2c(c1)CC[C@H]1[C@@](C)(C(=O)[O-])CCC[C@]21C.[Al+3]. The number of carbonyl (C=O) groups is 3. The smallest absolute Gasteiger partial charge is 0.550 e. The van der Waals surface area contributed by atoms with Crippen LogP contribution in [0.1, 0.15) is 228 Å². The van der Waals surface area contributed by atoms with Gasteiger partial charge in [-0.15, -0.1) is 0 Å². The first-order valence-electron chi connectivity index (χ1n) is 25.9. The van der Waals surface area contributed by atoms with Gasteiger partial charge in [0.05, 0.1) is 0 Å². The average Bonchev–Trinajstić information content (AvgIpc) is 3.26. The Morgan fingerprint density at radius 2 is 0.672 bits per heavy atom. The minimum Gasteiger partial charge on any atom is -0.550 e. The molecular formula is C60H81AlO6. The molecule has 0 heterocycles. The normalized spacial score (nSPS) is 33.6. The van der Waals surface area contributed by atoms with Gasteiger partial charge in [0.1, 0.15) is 0 Å². The van der Waals surface area contributed by atoms with Gasteiger partial charge in [-0.3, -0.25) is 0 Å². The zero-order chi connectivity index (χ0) is 48.4. The fourth-order valence-corrected chi connectivity index (χ4v) is 15.3. The molecule has 3 fully saturated rings. The summed E-state index contributed by atoms with van der Waals surface area (Å²) in [6.45, 7) is 25.9. The van der Waals surface area contributed by atoms with E-state index in [4.69, 9.17) is 0 Å². The summed E-state index contributed by atoms with van der Waals surface area (Å²) in [5.74, 6) is -0.382. The molecule has 0 radical (unpaired) electrons. The molecule has 360 valence electrons. The molecule has 6 aliphatic carbocycles. The van der Waals surface area contributed by atoms with Crippen molar-refractivity contribution in [1.82, 2.24) is 0 Å². The summed E-state index contributed by atoms with van der Waals surface area (Å²) in [7, 11) is 0. The number of fused-ring (bicyclic) bond motifs is 9. The van der Waals surface area contributed by atoms with Crippen LogP contribution in [0.5, 0.6) is 0 Å². The van der Waals surface area contributed by atoms with Gasteiger partial charge >= 0.3 is 17.4 Å². The van der Waals surface area contributed by atoms with Crippen molar-refractivity contribution in [2.45, 2.75) is 213 Å². The zero-order valence-electron chi connectivity index (χ0n) is 43.3. The fourth-order valence-electron chi connectivity index (χ4n) is 15.3. The molecule has 3 aromatic rings. The van der Waals surface area contributed by atoms with Crippen LogP contribution in [0.4, 0.5) is 0 Å². The summed E-state index contributed by atoms with van der Waals surface area (Å²) in [6.07, 6.45) is 14.4. The molecular weight excluding hydrogens is 844 g/mol. The summed E-state index contributed by atoms with van der Waals surface area (Å²) in [5.41, 5.74) is 10.6. The maximum absolute atomic E-state index is 11.8. The van der Waals surface area contributed by atoms with E-state index in [0.717, 1.165) is 96.3 Å². The third-order valence-corrected chi connectivity index (χ3v) is 19.5. The number of hydrogen-bond acceptors (Lipinski definition) is 6. The number of hydrogen-bond donors (Lipinski definition) is 0. The summed E-state index contributed by atoms with van der Waals surface area (Å²) in [5, 5.41) is 35.5. The predicted octanol–water partition coefficient (Wildman–Crippen LogP) is 10.3. The van der Waals surface area contributed by atoms with E-state index in [2.05, 4.69) is 117 Å². The maximum atomic E-state index is 11.8. The van der Waals surface area contributed by atoms with Crippen LogP contribution in [-0.2, 0) is 49.9 Å². The monoisotopic (exact) mass is 925 g/mol. The largest absolute Gasteiger partial charge is 3.00 e. The number of carboxylic acids is 3. The second kappa shape index (κ2) is 19.4. The molecule has 6 aliphatic rings. The van der Waals surface area contributed by atoms with E-state index in [-0.39, 0.29) is 51.4 Å². The summed E-state index contributed by atoms with van der Waals surface area (Å²) in [4.78, 5) is 35.5. The van der Waals surface area contributed by atoms with Gasteiger partial charge in [0, 0.05) is 34.2 Å². The van der Waals surface area contributed by atoms with Crippen molar-refractivity contribution in [3.05, 3.63) is 105 Å². The van der Waals surface area contributed by atoms with Crippen LogP contribution in [0.25, 0.3) is 0 Å². The summed E-state index contributed by atoms with van der Waals surface area (Å²) in [6, 6.07) is 20.6. The van der Waals surface area contributed by atoms with Gasteiger partial charge in [0.2, 0.25) is 0 Å². The van der Waals surface area contributed by atoms with Gasteiger partial charge in [-0.1, -0.05) is 157 Å². The van der Waals surface area contributed by atoms with Crippen LogP contribution < -0.4 is 15.3 Å². The Morgan fingerprint density at radius 3 is 0.881 bits per heavy atom. The van der Waals surface area contributed by atoms with Crippen molar-refractivity contribution < 1.29 is 29.7 Å². The van der Waals surface area contributed by atoms with Crippen molar-refractivity contribution in [1.29, 1.82) is 0 Å². The topological polar surface area (TPSA) is 120 Å². The average molecular weight is 925 g/mol. The third kappa shape index (κ3) is 9.14. The zero-order valence-corrected chi connectivity index (χ0v) is 44.4. The number of benzene rings is 3. The first kappa shape index (κ1) is 53.0. The number of aryl methyl sites for hydroxylation is 3. The first-order valence-corrected chi connectivity index (χ1v) is 25.9. The Kier molecular flexibility index (Phi) is 15.4. The van der Waals surface area contributed by atoms with Gasteiger partial charge in [0.15, 0.2) is 0 Å². The van der Waals surface area contributed by atoms with Crippen molar-refractivity contribution in [2.75, 3.05) is 0 Å². The Hall–Kier alpha value is -3.40. The minimum absolute atomic E-state index is 0. The van der Waals surface area contributed by atoms with Crippen molar-refractivity contribution in [2.24, 2.45) is 34.0 Å². The molecule has 0 bridgehead atoms. The van der Waals surface area contributed by atoms with Crippen LogP contribution in [0.2, 0.25) is 0 Å². The van der Waals surface area contributed by atoms with Crippen LogP contribution >= 0.6 is 0 Å². The molecule has 0 unspecified atom stereocenters. The van der Waals surface area contributed by atoms with Crippen molar-refractivity contribution in [3.63, 3.8) is 0 Å². The Balaban J connectivity index is 0.000000165. The second-order valence-electron chi connectivity index (χ2n) is 24.4. The van der Waals surface area contributed by atoms with Crippen LogP contribution in [0, 0.1) is 34.0 Å². The quantitative estimate of drug-likeness (QED) is 0.227. The molecule has 3 aromatic carbocycles. The summed E-state index contributed by atoms with van der Waals surface area (Å²) >= 11 is 0. The maximum Gasteiger partial charge on any atom is 3.00 e. The van der Waals surface area contributed by atoms with Gasteiger partial charge in [-0.05, 0) is 179 Å². The van der Waals surface area contributed by atoms with E-state index in [9.17, 15) is 29.7 Å². The van der Waals surface area contributed by atoms with Gasteiger partial charge in [-0.2, -0.15) is 0 Å². The molecule has 3 saturated carbocycles.